The number of benzene rings is 1. The number of aromatic hydroxyl groups is 1. The maximum Gasteiger partial charge on any atom is 0.139 e. The Hall–Kier alpha value is -1.57. The molecule has 1 aromatic carbocycles. The first-order valence-corrected chi connectivity index (χ1v) is 8.52. The summed E-state index contributed by atoms with van der Waals surface area (Å²) in [6, 6.07) is 5.87. The standard InChI is InChI=1S/C20H24O2/c1-3-12-11-18(22)20(2)9-8-16-15-7-5-14(21)10-13(15)4-6-17(16)19(12)20/h3,5,7,10,12,16-17,19,21H,1,4,6,8-9,11H2,2H3/t12-,16+,17+,19-,20+/m0/s1. The molecular weight excluding hydrogens is 272 g/mol. The lowest BCUT2D eigenvalue weighted by atomic mass is 9.54. The van der Waals surface area contributed by atoms with Gasteiger partial charge in [0.25, 0.3) is 0 Å². The van der Waals surface area contributed by atoms with Gasteiger partial charge in [0, 0.05) is 11.8 Å². The van der Waals surface area contributed by atoms with Crippen LogP contribution in [-0.4, -0.2) is 10.9 Å². The number of carbonyl (C=O) groups is 1. The van der Waals surface area contributed by atoms with E-state index in [2.05, 4.69) is 19.6 Å². The summed E-state index contributed by atoms with van der Waals surface area (Å²) >= 11 is 0. The number of Topliss-reactive ketones (excluding diaryl/α,β-unsaturated/α-hetero) is 1. The van der Waals surface area contributed by atoms with E-state index in [0.717, 1.165) is 25.7 Å². The first kappa shape index (κ1) is 14.0. The van der Waals surface area contributed by atoms with E-state index in [1.807, 2.05) is 18.2 Å². The number of hydrogen-bond donors (Lipinski definition) is 1. The second kappa shape index (κ2) is 4.71. The van der Waals surface area contributed by atoms with E-state index >= 15 is 0 Å². The molecule has 0 unspecified atom stereocenters. The van der Waals surface area contributed by atoms with Crippen LogP contribution < -0.4 is 0 Å². The summed E-state index contributed by atoms with van der Waals surface area (Å²) in [5, 5.41) is 9.73. The lowest BCUT2D eigenvalue weighted by molar-refractivity contribution is -0.129. The van der Waals surface area contributed by atoms with Crippen molar-refractivity contribution >= 4 is 5.78 Å². The highest BCUT2D eigenvalue weighted by Gasteiger charge is 2.57. The highest BCUT2D eigenvalue weighted by atomic mass is 16.3. The summed E-state index contributed by atoms with van der Waals surface area (Å²) in [4.78, 5) is 12.6. The number of allylic oxidation sites excluding steroid dienone is 1. The molecule has 116 valence electrons. The van der Waals surface area contributed by atoms with Crippen molar-refractivity contribution in [2.45, 2.75) is 44.9 Å². The van der Waals surface area contributed by atoms with Gasteiger partial charge in [0.1, 0.15) is 11.5 Å². The summed E-state index contributed by atoms with van der Waals surface area (Å²) in [5.41, 5.74) is 2.59. The predicted molar refractivity (Wildman–Crippen MR) is 86.8 cm³/mol. The Balaban J connectivity index is 1.76. The quantitative estimate of drug-likeness (QED) is 0.787. The molecule has 0 aromatic heterocycles. The van der Waals surface area contributed by atoms with E-state index in [1.165, 1.54) is 11.1 Å². The summed E-state index contributed by atoms with van der Waals surface area (Å²) in [6.07, 6.45) is 6.99. The Morgan fingerprint density at radius 2 is 2.18 bits per heavy atom. The van der Waals surface area contributed by atoms with Gasteiger partial charge in [-0.25, -0.2) is 0 Å². The Bertz CT molecular complexity index is 647. The minimum atomic E-state index is -0.131. The van der Waals surface area contributed by atoms with Crippen molar-refractivity contribution in [1.29, 1.82) is 0 Å². The number of aryl methyl sites for hydroxylation is 1. The van der Waals surface area contributed by atoms with Gasteiger partial charge >= 0.3 is 0 Å². The molecule has 0 saturated heterocycles. The lowest BCUT2D eigenvalue weighted by Gasteiger charge is -2.49. The highest BCUT2D eigenvalue weighted by molar-refractivity contribution is 5.88. The van der Waals surface area contributed by atoms with Crippen LogP contribution in [-0.2, 0) is 11.2 Å². The van der Waals surface area contributed by atoms with Gasteiger partial charge in [-0.05, 0) is 72.6 Å². The average molecular weight is 296 g/mol. The zero-order valence-corrected chi connectivity index (χ0v) is 13.2. The van der Waals surface area contributed by atoms with Crippen LogP contribution in [0.1, 0.15) is 49.7 Å². The largest absolute Gasteiger partial charge is 0.508 e. The molecule has 4 rings (SSSR count). The van der Waals surface area contributed by atoms with E-state index < -0.39 is 0 Å². The second-order valence-corrected chi connectivity index (χ2v) is 7.70. The molecule has 2 saturated carbocycles. The van der Waals surface area contributed by atoms with Crippen LogP contribution in [0.4, 0.5) is 0 Å². The topological polar surface area (TPSA) is 37.3 Å². The number of phenols is 1. The molecule has 0 bridgehead atoms. The third kappa shape index (κ3) is 1.76. The lowest BCUT2D eigenvalue weighted by Crippen LogP contribution is -2.44. The fraction of sp³-hybridized carbons (Fsp3) is 0.550. The fourth-order valence-electron chi connectivity index (χ4n) is 5.74. The van der Waals surface area contributed by atoms with Crippen molar-refractivity contribution in [1.82, 2.24) is 0 Å². The van der Waals surface area contributed by atoms with Crippen molar-refractivity contribution in [2.24, 2.45) is 23.2 Å². The molecule has 0 amide bonds. The van der Waals surface area contributed by atoms with Crippen LogP contribution in [0.15, 0.2) is 30.9 Å². The third-order valence-corrected chi connectivity index (χ3v) is 6.78. The number of phenolic OH excluding ortho intramolecular Hbond substituents is 1. The van der Waals surface area contributed by atoms with Gasteiger partial charge in [-0.3, -0.25) is 4.79 Å². The van der Waals surface area contributed by atoms with Crippen LogP contribution in [0, 0.1) is 23.2 Å². The fourth-order valence-corrected chi connectivity index (χ4v) is 5.74. The monoisotopic (exact) mass is 296 g/mol. The van der Waals surface area contributed by atoms with E-state index in [-0.39, 0.29) is 5.41 Å². The Morgan fingerprint density at radius 1 is 1.36 bits per heavy atom. The minimum Gasteiger partial charge on any atom is -0.508 e. The zero-order chi connectivity index (χ0) is 15.5. The molecule has 0 heterocycles. The predicted octanol–water partition coefficient (Wildman–Crippen LogP) is 4.23. The smallest absolute Gasteiger partial charge is 0.139 e. The zero-order valence-electron chi connectivity index (χ0n) is 13.2. The molecular formula is C20H24O2. The molecule has 5 atom stereocenters. The number of rotatable bonds is 1. The average Bonchev–Trinajstić information content (AvgIpc) is 2.78. The number of fused-ring (bicyclic) bond motifs is 5. The third-order valence-electron chi connectivity index (χ3n) is 6.78. The first-order valence-electron chi connectivity index (χ1n) is 8.52. The van der Waals surface area contributed by atoms with Gasteiger partial charge in [-0.1, -0.05) is 19.1 Å². The normalized spacial score (nSPS) is 39.8. The molecule has 1 aromatic rings. The van der Waals surface area contributed by atoms with E-state index in [0.29, 0.717) is 41.6 Å². The van der Waals surface area contributed by atoms with Crippen molar-refractivity contribution in [3.63, 3.8) is 0 Å². The molecule has 1 N–H and O–H groups in total. The maximum atomic E-state index is 12.6. The van der Waals surface area contributed by atoms with Crippen LogP contribution in [0.3, 0.4) is 0 Å². The molecule has 0 spiro atoms. The minimum absolute atomic E-state index is 0.131. The van der Waals surface area contributed by atoms with Gasteiger partial charge < -0.3 is 5.11 Å². The van der Waals surface area contributed by atoms with Crippen LogP contribution in [0.25, 0.3) is 0 Å². The number of hydrogen-bond acceptors (Lipinski definition) is 2. The van der Waals surface area contributed by atoms with Gasteiger partial charge in [-0.2, -0.15) is 0 Å². The molecule has 3 aliphatic carbocycles. The van der Waals surface area contributed by atoms with Crippen LogP contribution >= 0.6 is 0 Å². The van der Waals surface area contributed by atoms with Crippen molar-refractivity contribution in [2.75, 3.05) is 0 Å². The summed E-state index contributed by atoms with van der Waals surface area (Å²) in [5.74, 6) is 2.78. The number of ketones is 1. The van der Waals surface area contributed by atoms with Crippen LogP contribution in [0.5, 0.6) is 5.75 Å². The van der Waals surface area contributed by atoms with Gasteiger partial charge in [0.05, 0.1) is 0 Å². The van der Waals surface area contributed by atoms with Crippen molar-refractivity contribution < 1.29 is 9.90 Å². The van der Waals surface area contributed by atoms with Crippen molar-refractivity contribution in [3.05, 3.63) is 42.0 Å². The summed E-state index contributed by atoms with van der Waals surface area (Å²) in [7, 11) is 0. The molecule has 2 fully saturated rings. The highest BCUT2D eigenvalue weighted by Crippen LogP contribution is 2.61. The van der Waals surface area contributed by atoms with Gasteiger partial charge in [-0.15, -0.1) is 6.58 Å². The van der Waals surface area contributed by atoms with Crippen molar-refractivity contribution in [3.8, 4) is 5.75 Å². The second-order valence-electron chi connectivity index (χ2n) is 7.70. The summed E-state index contributed by atoms with van der Waals surface area (Å²) in [6.45, 7) is 6.21. The molecule has 3 aliphatic rings. The molecule has 2 heteroatoms. The molecule has 0 radical (unpaired) electrons. The maximum absolute atomic E-state index is 12.6. The Morgan fingerprint density at radius 3 is 2.95 bits per heavy atom. The number of carbonyl (C=O) groups excluding carboxylic acids is 1. The SMILES string of the molecule is C=C[C@H]1CC(=O)[C@@]2(C)CC[C@@H]3c4ccc(O)cc4CC[C@H]3[C@H]12. The van der Waals surface area contributed by atoms with Gasteiger partial charge in [0.15, 0.2) is 0 Å². The molecule has 2 nitrogen and oxygen atoms in total. The molecule has 22 heavy (non-hydrogen) atoms. The van der Waals surface area contributed by atoms with Gasteiger partial charge in [0.2, 0.25) is 0 Å². The Kier molecular flexibility index (Phi) is 3.01. The van der Waals surface area contributed by atoms with E-state index in [1.54, 1.807) is 0 Å². The first-order chi connectivity index (χ1) is 10.5. The van der Waals surface area contributed by atoms with E-state index in [4.69, 9.17) is 0 Å². The summed E-state index contributed by atoms with van der Waals surface area (Å²) < 4.78 is 0. The molecule has 0 aliphatic heterocycles. The van der Waals surface area contributed by atoms with E-state index in [9.17, 15) is 9.90 Å². The Labute approximate surface area is 132 Å². The van der Waals surface area contributed by atoms with Crippen LogP contribution in [0.2, 0.25) is 0 Å².